The molecule has 0 aromatic carbocycles. The van der Waals surface area contributed by atoms with Gasteiger partial charge in [0.25, 0.3) is 0 Å². The third-order valence-corrected chi connectivity index (χ3v) is 4.02. The summed E-state index contributed by atoms with van der Waals surface area (Å²) in [6.45, 7) is 9.65. The predicted octanol–water partition coefficient (Wildman–Crippen LogP) is 2.56. The Kier molecular flexibility index (Phi) is 7.52. The number of carbonyl (C=O) groups is 1. The normalized spacial score (nSPS) is 12.7. The molecule has 0 aliphatic carbocycles. The molecule has 0 radical (unpaired) electrons. The Morgan fingerprint density at radius 2 is 2.17 bits per heavy atom. The fourth-order valence-electron chi connectivity index (χ4n) is 1.63. The van der Waals surface area contributed by atoms with E-state index >= 15 is 0 Å². The van der Waals surface area contributed by atoms with Crippen LogP contribution in [0.4, 0.5) is 0 Å². The number of amides is 1. The van der Waals surface area contributed by atoms with Crippen molar-refractivity contribution in [1.82, 2.24) is 10.6 Å². The smallest absolute Gasteiger partial charge is 0.230 e. The molecule has 1 heterocycles. The molecule has 1 amide bonds. The summed E-state index contributed by atoms with van der Waals surface area (Å²) in [5, 5.41) is 8.28. The first-order chi connectivity index (χ1) is 7.98. The van der Waals surface area contributed by atoms with Gasteiger partial charge in [-0.15, -0.1) is 23.7 Å². The van der Waals surface area contributed by atoms with Gasteiger partial charge in [0.1, 0.15) is 0 Å². The number of hydrogen-bond donors (Lipinski definition) is 2. The molecule has 0 unspecified atom stereocenters. The van der Waals surface area contributed by atoms with Crippen LogP contribution in [0.15, 0.2) is 17.5 Å². The summed E-state index contributed by atoms with van der Waals surface area (Å²) in [4.78, 5) is 13.2. The summed E-state index contributed by atoms with van der Waals surface area (Å²) >= 11 is 1.63. The zero-order valence-corrected chi connectivity index (χ0v) is 13.1. The van der Waals surface area contributed by atoms with Crippen LogP contribution in [0.2, 0.25) is 0 Å². The molecule has 1 aromatic heterocycles. The van der Waals surface area contributed by atoms with Crippen molar-refractivity contribution in [1.29, 1.82) is 0 Å². The molecule has 1 rings (SSSR count). The molecular weight excluding hydrogens is 268 g/mol. The van der Waals surface area contributed by atoms with Crippen LogP contribution in [0.1, 0.15) is 32.6 Å². The second-order valence-electron chi connectivity index (χ2n) is 4.77. The van der Waals surface area contributed by atoms with Crippen LogP contribution < -0.4 is 10.6 Å². The molecule has 0 saturated carbocycles. The van der Waals surface area contributed by atoms with Gasteiger partial charge in [-0.2, -0.15) is 0 Å². The van der Waals surface area contributed by atoms with E-state index in [4.69, 9.17) is 0 Å². The first-order valence-corrected chi connectivity index (χ1v) is 6.92. The van der Waals surface area contributed by atoms with Crippen molar-refractivity contribution in [2.24, 2.45) is 0 Å². The Morgan fingerprint density at radius 1 is 1.50 bits per heavy atom. The van der Waals surface area contributed by atoms with E-state index in [0.717, 1.165) is 11.4 Å². The summed E-state index contributed by atoms with van der Waals surface area (Å²) in [6.07, 6.45) is 0. The van der Waals surface area contributed by atoms with E-state index in [-0.39, 0.29) is 18.3 Å². The summed E-state index contributed by atoms with van der Waals surface area (Å²) in [5.41, 5.74) is -0.444. The van der Waals surface area contributed by atoms with Gasteiger partial charge in [-0.25, -0.2) is 0 Å². The lowest BCUT2D eigenvalue weighted by molar-refractivity contribution is -0.125. The van der Waals surface area contributed by atoms with Gasteiger partial charge in [0.05, 0.1) is 5.41 Å². The number of hydrogen-bond acceptors (Lipinski definition) is 3. The Balaban J connectivity index is 0.00000289. The minimum atomic E-state index is -0.444. The van der Waals surface area contributed by atoms with Crippen LogP contribution in [-0.4, -0.2) is 25.0 Å². The van der Waals surface area contributed by atoms with Crippen molar-refractivity contribution in [2.75, 3.05) is 13.1 Å². The van der Waals surface area contributed by atoms with E-state index < -0.39 is 5.41 Å². The molecule has 3 nitrogen and oxygen atoms in total. The minimum Gasteiger partial charge on any atom is -0.354 e. The van der Waals surface area contributed by atoms with Crippen molar-refractivity contribution in [2.45, 2.75) is 39.2 Å². The zero-order valence-electron chi connectivity index (χ0n) is 11.4. The van der Waals surface area contributed by atoms with Crippen molar-refractivity contribution in [3.05, 3.63) is 22.4 Å². The van der Waals surface area contributed by atoms with E-state index in [1.165, 1.54) is 0 Å². The molecule has 2 N–H and O–H groups in total. The average molecular weight is 291 g/mol. The van der Waals surface area contributed by atoms with Crippen molar-refractivity contribution in [3.8, 4) is 0 Å². The summed E-state index contributed by atoms with van der Waals surface area (Å²) < 4.78 is 0. The highest BCUT2D eigenvalue weighted by molar-refractivity contribution is 7.10. The predicted molar refractivity (Wildman–Crippen MR) is 80.7 cm³/mol. The van der Waals surface area contributed by atoms with Gasteiger partial charge in [-0.1, -0.05) is 13.0 Å². The van der Waals surface area contributed by atoms with Gasteiger partial charge < -0.3 is 10.6 Å². The molecule has 0 aliphatic heterocycles. The number of nitrogens with one attached hydrogen (secondary N) is 2. The Morgan fingerprint density at radius 3 is 2.67 bits per heavy atom. The molecule has 0 aliphatic rings. The third kappa shape index (κ3) is 4.59. The fraction of sp³-hybridized carbons (Fsp3) is 0.615. The summed E-state index contributed by atoms with van der Waals surface area (Å²) in [5.74, 6) is 0.0877. The SMILES string of the molecule is CCN[C@H](C)CNC(=O)C(C)(C)c1cccs1.Cl. The van der Waals surface area contributed by atoms with Gasteiger partial charge in [-0.3, -0.25) is 4.79 Å². The van der Waals surface area contributed by atoms with Crippen LogP contribution in [0.5, 0.6) is 0 Å². The van der Waals surface area contributed by atoms with E-state index in [1.807, 2.05) is 31.4 Å². The van der Waals surface area contributed by atoms with Crippen molar-refractivity contribution >= 4 is 29.7 Å². The number of halogens is 1. The highest BCUT2D eigenvalue weighted by Crippen LogP contribution is 2.27. The van der Waals surface area contributed by atoms with Crippen LogP contribution in [-0.2, 0) is 10.2 Å². The lowest BCUT2D eigenvalue weighted by Crippen LogP contribution is -2.45. The lowest BCUT2D eigenvalue weighted by atomic mass is 9.90. The van der Waals surface area contributed by atoms with Gasteiger partial charge in [0.15, 0.2) is 0 Å². The molecule has 1 aromatic rings. The fourth-order valence-corrected chi connectivity index (χ4v) is 2.48. The number of likely N-dealkylation sites (N-methyl/N-ethyl adjacent to an activating group) is 1. The third-order valence-electron chi connectivity index (χ3n) is 2.83. The van der Waals surface area contributed by atoms with Crippen molar-refractivity contribution in [3.63, 3.8) is 0 Å². The maximum atomic E-state index is 12.1. The van der Waals surface area contributed by atoms with E-state index in [2.05, 4.69) is 24.5 Å². The van der Waals surface area contributed by atoms with Gasteiger partial charge in [-0.05, 0) is 38.8 Å². The van der Waals surface area contributed by atoms with Crippen LogP contribution in [0.3, 0.4) is 0 Å². The monoisotopic (exact) mass is 290 g/mol. The zero-order chi connectivity index (χ0) is 12.9. The van der Waals surface area contributed by atoms with E-state index in [0.29, 0.717) is 12.6 Å². The minimum absolute atomic E-state index is 0. The Labute approximate surface area is 120 Å². The number of thiophene rings is 1. The van der Waals surface area contributed by atoms with Crippen LogP contribution in [0, 0.1) is 0 Å². The number of carbonyl (C=O) groups excluding carboxylic acids is 1. The van der Waals surface area contributed by atoms with Crippen LogP contribution >= 0.6 is 23.7 Å². The average Bonchev–Trinajstić information content (AvgIpc) is 2.80. The Hall–Kier alpha value is -0.580. The van der Waals surface area contributed by atoms with E-state index in [1.54, 1.807) is 11.3 Å². The highest BCUT2D eigenvalue weighted by atomic mass is 35.5. The molecule has 0 spiro atoms. The van der Waals surface area contributed by atoms with Crippen molar-refractivity contribution < 1.29 is 4.79 Å². The summed E-state index contributed by atoms with van der Waals surface area (Å²) in [7, 11) is 0. The second-order valence-corrected chi connectivity index (χ2v) is 5.72. The van der Waals surface area contributed by atoms with E-state index in [9.17, 15) is 4.79 Å². The Bertz CT molecular complexity index is 352. The molecule has 5 heteroatoms. The largest absolute Gasteiger partial charge is 0.354 e. The molecule has 18 heavy (non-hydrogen) atoms. The number of rotatable bonds is 6. The molecular formula is C13H23ClN2OS. The quantitative estimate of drug-likeness (QED) is 0.845. The molecule has 0 fully saturated rings. The maximum absolute atomic E-state index is 12.1. The second kappa shape index (κ2) is 7.77. The first-order valence-electron chi connectivity index (χ1n) is 6.04. The van der Waals surface area contributed by atoms with Gasteiger partial charge >= 0.3 is 0 Å². The molecule has 0 bridgehead atoms. The summed E-state index contributed by atoms with van der Waals surface area (Å²) in [6, 6.07) is 4.30. The van der Waals surface area contributed by atoms with Gasteiger partial charge in [0, 0.05) is 17.5 Å². The highest BCUT2D eigenvalue weighted by Gasteiger charge is 2.30. The standard InChI is InChI=1S/C13H22N2OS.ClH/c1-5-14-10(2)9-15-12(16)13(3,4)11-7-6-8-17-11;/h6-8,10,14H,5,9H2,1-4H3,(H,15,16);1H/t10-;/m1./s1. The molecule has 0 saturated heterocycles. The topological polar surface area (TPSA) is 41.1 Å². The molecule has 104 valence electrons. The first kappa shape index (κ1) is 17.4. The van der Waals surface area contributed by atoms with Crippen LogP contribution in [0.25, 0.3) is 0 Å². The molecule has 1 atom stereocenters. The van der Waals surface area contributed by atoms with Gasteiger partial charge in [0.2, 0.25) is 5.91 Å². The maximum Gasteiger partial charge on any atom is 0.230 e. The lowest BCUT2D eigenvalue weighted by Gasteiger charge is -2.23.